The van der Waals surface area contributed by atoms with Crippen molar-refractivity contribution in [1.82, 2.24) is 0 Å². The van der Waals surface area contributed by atoms with Crippen molar-refractivity contribution in [1.29, 1.82) is 0 Å². The summed E-state index contributed by atoms with van der Waals surface area (Å²) in [6.45, 7) is 7.30. The van der Waals surface area contributed by atoms with Crippen molar-refractivity contribution in [3.8, 4) is 0 Å². The van der Waals surface area contributed by atoms with Crippen LogP contribution in [0.2, 0.25) is 0 Å². The Morgan fingerprint density at radius 1 is 1.20 bits per heavy atom. The lowest BCUT2D eigenvalue weighted by molar-refractivity contribution is -0.119. The maximum absolute atomic E-state index is 11.5. The van der Waals surface area contributed by atoms with Crippen LogP contribution in [0.4, 0.5) is 0 Å². The molecule has 0 aromatic heterocycles. The van der Waals surface area contributed by atoms with Crippen LogP contribution in [0.5, 0.6) is 0 Å². The average molecular weight is 213 g/mol. The first-order valence-electron chi connectivity index (χ1n) is 6.33. The Balaban J connectivity index is 3.73. The van der Waals surface area contributed by atoms with Crippen molar-refractivity contribution in [3.05, 3.63) is 0 Å². The van der Waals surface area contributed by atoms with E-state index in [-0.39, 0.29) is 0 Å². The number of hydrogen-bond acceptors (Lipinski definition) is 2. The number of nitrogens with two attached hydrogens (primary N) is 1. The number of ketones is 1. The molecule has 0 rings (SSSR count). The second-order valence-corrected chi connectivity index (χ2v) is 4.76. The zero-order valence-electron chi connectivity index (χ0n) is 10.6. The smallest absolute Gasteiger partial charge is 0.132 e. The molecular weight excluding hydrogens is 186 g/mol. The SMILES string of the molecule is CCCCC(=O)CCC(CCN)C(C)C. The second-order valence-electron chi connectivity index (χ2n) is 4.76. The topological polar surface area (TPSA) is 43.1 Å². The van der Waals surface area contributed by atoms with Crippen LogP contribution in [-0.4, -0.2) is 12.3 Å². The van der Waals surface area contributed by atoms with E-state index in [0.29, 0.717) is 17.6 Å². The molecule has 0 saturated heterocycles. The lowest BCUT2D eigenvalue weighted by Crippen LogP contribution is -2.15. The first kappa shape index (κ1) is 14.6. The predicted molar refractivity (Wildman–Crippen MR) is 65.8 cm³/mol. The molecule has 0 aromatic carbocycles. The lowest BCUT2D eigenvalue weighted by atomic mass is 9.87. The zero-order chi connectivity index (χ0) is 11.7. The van der Waals surface area contributed by atoms with Gasteiger partial charge in [0, 0.05) is 12.8 Å². The van der Waals surface area contributed by atoms with Crippen LogP contribution in [0.3, 0.4) is 0 Å². The summed E-state index contributed by atoms with van der Waals surface area (Å²) in [5.41, 5.74) is 5.57. The highest BCUT2D eigenvalue weighted by Crippen LogP contribution is 2.21. The zero-order valence-corrected chi connectivity index (χ0v) is 10.6. The van der Waals surface area contributed by atoms with E-state index in [4.69, 9.17) is 5.73 Å². The summed E-state index contributed by atoms with van der Waals surface area (Å²) in [7, 11) is 0. The molecule has 1 unspecified atom stereocenters. The molecule has 0 bridgehead atoms. The summed E-state index contributed by atoms with van der Waals surface area (Å²) in [5, 5.41) is 0. The number of rotatable bonds is 9. The Bertz CT molecular complexity index is 166. The quantitative estimate of drug-likeness (QED) is 0.639. The molecule has 0 fully saturated rings. The van der Waals surface area contributed by atoms with Gasteiger partial charge in [-0.2, -0.15) is 0 Å². The minimum atomic E-state index is 0.430. The Morgan fingerprint density at radius 2 is 1.87 bits per heavy atom. The Morgan fingerprint density at radius 3 is 2.33 bits per heavy atom. The number of unbranched alkanes of at least 4 members (excludes halogenated alkanes) is 1. The van der Waals surface area contributed by atoms with E-state index >= 15 is 0 Å². The third-order valence-corrected chi connectivity index (χ3v) is 3.08. The predicted octanol–water partition coefficient (Wildman–Crippen LogP) is 3.15. The third-order valence-electron chi connectivity index (χ3n) is 3.08. The van der Waals surface area contributed by atoms with Gasteiger partial charge in [0.05, 0.1) is 0 Å². The minimum Gasteiger partial charge on any atom is -0.330 e. The molecule has 0 saturated carbocycles. The molecule has 0 radical (unpaired) electrons. The van der Waals surface area contributed by atoms with Gasteiger partial charge in [0.1, 0.15) is 5.78 Å². The highest BCUT2D eigenvalue weighted by molar-refractivity contribution is 5.78. The number of carbonyl (C=O) groups is 1. The molecule has 0 spiro atoms. The van der Waals surface area contributed by atoms with Crippen LogP contribution in [0.1, 0.15) is 59.3 Å². The monoisotopic (exact) mass is 213 g/mol. The minimum absolute atomic E-state index is 0.430. The van der Waals surface area contributed by atoms with Crippen LogP contribution in [-0.2, 0) is 4.79 Å². The van der Waals surface area contributed by atoms with Crippen LogP contribution >= 0.6 is 0 Å². The van der Waals surface area contributed by atoms with Crippen LogP contribution in [0.15, 0.2) is 0 Å². The van der Waals surface area contributed by atoms with Gasteiger partial charge in [-0.05, 0) is 37.6 Å². The van der Waals surface area contributed by atoms with Crippen molar-refractivity contribution in [2.45, 2.75) is 59.3 Å². The first-order valence-corrected chi connectivity index (χ1v) is 6.33. The van der Waals surface area contributed by atoms with E-state index in [1.54, 1.807) is 0 Å². The number of Topliss-reactive ketones (excluding diaryl/α,β-unsaturated/α-hetero) is 1. The lowest BCUT2D eigenvalue weighted by Gasteiger charge is -2.19. The van der Waals surface area contributed by atoms with E-state index in [1.807, 2.05) is 0 Å². The van der Waals surface area contributed by atoms with Gasteiger partial charge in [-0.1, -0.05) is 27.2 Å². The van der Waals surface area contributed by atoms with E-state index in [9.17, 15) is 4.79 Å². The molecule has 1 atom stereocenters. The Hall–Kier alpha value is -0.370. The van der Waals surface area contributed by atoms with Crippen molar-refractivity contribution in [3.63, 3.8) is 0 Å². The van der Waals surface area contributed by atoms with Crippen molar-refractivity contribution >= 4 is 5.78 Å². The van der Waals surface area contributed by atoms with Gasteiger partial charge in [0.2, 0.25) is 0 Å². The van der Waals surface area contributed by atoms with Gasteiger partial charge >= 0.3 is 0 Å². The fourth-order valence-electron chi connectivity index (χ4n) is 1.87. The summed E-state index contributed by atoms with van der Waals surface area (Å²) < 4.78 is 0. The molecule has 2 N–H and O–H groups in total. The first-order chi connectivity index (χ1) is 7.11. The van der Waals surface area contributed by atoms with Crippen molar-refractivity contribution < 1.29 is 4.79 Å². The molecule has 15 heavy (non-hydrogen) atoms. The van der Waals surface area contributed by atoms with Crippen molar-refractivity contribution in [2.75, 3.05) is 6.54 Å². The molecule has 2 heteroatoms. The van der Waals surface area contributed by atoms with Gasteiger partial charge in [-0.3, -0.25) is 4.79 Å². The van der Waals surface area contributed by atoms with Crippen LogP contribution < -0.4 is 5.73 Å². The number of carbonyl (C=O) groups excluding carboxylic acids is 1. The molecule has 0 aromatic rings. The third kappa shape index (κ3) is 7.55. The van der Waals surface area contributed by atoms with E-state index in [2.05, 4.69) is 20.8 Å². The summed E-state index contributed by atoms with van der Waals surface area (Å²) in [6.07, 6.45) is 5.76. The normalized spacial score (nSPS) is 13.1. The van der Waals surface area contributed by atoms with Crippen molar-refractivity contribution in [2.24, 2.45) is 17.6 Å². The second kappa shape index (κ2) is 8.90. The summed E-state index contributed by atoms with van der Waals surface area (Å²) in [4.78, 5) is 11.5. The molecule has 0 amide bonds. The summed E-state index contributed by atoms with van der Waals surface area (Å²) in [5.74, 6) is 1.70. The molecule has 0 aliphatic carbocycles. The fraction of sp³-hybridized carbons (Fsp3) is 0.923. The van der Waals surface area contributed by atoms with Gasteiger partial charge < -0.3 is 5.73 Å². The molecular formula is C13H27NO. The molecule has 0 aliphatic rings. The Kier molecular flexibility index (Phi) is 8.68. The maximum atomic E-state index is 11.5. The Labute approximate surface area is 94.6 Å². The molecule has 0 heterocycles. The summed E-state index contributed by atoms with van der Waals surface area (Å²) in [6, 6.07) is 0. The van der Waals surface area contributed by atoms with Gasteiger partial charge in [-0.25, -0.2) is 0 Å². The fourth-order valence-corrected chi connectivity index (χ4v) is 1.87. The highest BCUT2D eigenvalue weighted by Gasteiger charge is 2.13. The molecule has 0 aliphatic heterocycles. The standard InChI is InChI=1S/C13H27NO/c1-4-5-6-13(15)8-7-12(9-10-14)11(2)3/h11-12H,4-10,14H2,1-3H3. The average Bonchev–Trinajstić information content (AvgIpc) is 2.20. The van der Waals surface area contributed by atoms with E-state index < -0.39 is 0 Å². The van der Waals surface area contributed by atoms with E-state index in [1.165, 1.54) is 0 Å². The van der Waals surface area contributed by atoms with Gasteiger partial charge in [0.15, 0.2) is 0 Å². The highest BCUT2D eigenvalue weighted by atomic mass is 16.1. The van der Waals surface area contributed by atoms with Crippen LogP contribution in [0.25, 0.3) is 0 Å². The molecule has 90 valence electrons. The van der Waals surface area contributed by atoms with Gasteiger partial charge in [0.25, 0.3) is 0 Å². The summed E-state index contributed by atoms with van der Waals surface area (Å²) >= 11 is 0. The van der Waals surface area contributed by atoms with E-state index in [0.717, 1.165) is 45.1 Å². The largest absolute Gasteiger partial charge is 0.330 e. The molecule has 2 nitrogen and oxygen atoms in total. The van der Waals surface area contributed by atoms with Gasteiger partial charge in [-0.15, -0.1) is 0 Å². The van der Waals surface area contributed by atoms with Crippen LogP contribution in [0, 0.1) is 11.8 Å². The number of hydrogen-bond donors (Lipinski definition) is 1. The maximum Gasteiger partial charge on any atom is 0.132 e.